The second-order valence-corrected chi connectivity index (χ2v) is 17.6. The lowest BCUT2D eigenvalue weighted by molar-refractivity contribution is 0.109. The van der Waals surface area contributed by atoms with Crippen molar-refractivity contribution in [1.29, 1.82) is 0 Å². The summed E-state index contributed by atoms with van der Waals surface area (Å²) >= 11 is 0. The number of nitrogens with zero attached hydrogens (tertiary/aromatic N) is 1. The number of hydrogen-bond acceptors (Lipinski definition) is 4. The van der Waals surface area contributed by atoms with E-state index >= 15 is 0 Å². The molecule has 6 heteroatoms. The third-order valence-corrected chi connectivity index (χ3v) is 15.6. The van der Waals surface area contributed by atoms with Crippen LogP contribution in [0.5, 0.6) is 0 Å². The SMILES string of the molecule is C=C1C[C@H](S(=O)(=O)c2ccccc2)[C@H]2[C@@H](O[Si](C(C)C)(C(C)C)C(C)C)CCN2C1. The molecule has 0 N–H and O–H groups in total. The van der Waals surface area contributed by atoms with Crippen LogP contribution < -0.4 is 0 Å². The van der Waals surface area contributed by atoms with Crippen molar-refractivity contribution in [3.63, 3.8) is 0 Å². The van der Waals surface area contributed by atoms with Gasteiger partial charge in [0.05, 0.1) is 22.3 Å². The molecule has 0 aromatic heterocycles. The van der Waals surface area contributed by atoms with Gasteiger partial charge in [-0.15, -0.1) is 0 Å². The molecule has 0 saturated carbocycles. The fourth-order valence-corrected chi connectivity index (χ4v) is 13.8. The molecule has 1 aromatic carbocycles. The smallest absolute Gasteiger partial charge is 0.200 e. The van der Waals surface area contributed by atoms with E-state index < -0.39 is 23.4 Å². The van der Waals surface area contributed by atoms with E-state index in [0.29, 0.717) is 27.9 Å². The van der Waals surface area contributed by atoms with Gasteiger partial charge in [-0.3, -0.25) is 4.90 Å². The molecular formula is C24H39NO3SSi. The maximum atomic E-state index is 13.7. The molecule has 30 heavy (non-hydrogen) atoms. The van der Waals surface area contributed by atoms with E-state index in [1.807, 2.05) is 6.07 Å². The zero-order chi connectivity index (χ0) is 22.3. The van der Waals surface area contributed by atoms with Crippen molar-refractivity contribution >= 4 is 18.2 Å². The topological polar surface area (TPSA) is 46.6 Å². The van der Waals surface area contributed by atoms with Crippen LogP contribution in [0.15, 0.2) is 47.4 Å². The Morgan fingerprint density at radius 3 is 2.13 bits per heavy atom. The zero-order valence-corrected chi connectivity index (χ0v) is 21.3. The van der Waals surface area contributed by atoms with E-state index in [9.17, 15) is 8.42 Å². The summed E-state index contributed by atoms with van der Waals surface area (Å²) in [7, 11) is -5.56. The lowest BCUT2D eigenvalue weighted by Crippen LogP contribution is -2.57. The van der Waals surface area contributed by atoms with Gasteiger partial charge in [0, 0.05) is 13.1 Å². The maximum Gasteiger partial charge on any atom is 0.200 e. The predicted octanol–water partition coefficient (Wildman–Crippen LogP) is 5.42. The Labute approximate surface area is 184 Å². The normalized spacial score (nSPS) is 26.0. The maximum absolute atomic E-state index is 13.7. The number of fused-ring (bicyclic) bond motifs is 1. The molecule has 0 bridgehead atoms. The minimum atomic E-state index is -3.47. The number of rotatable bonds is 7. The quantitative estimate of drug-likeness (QED) is 0.412. The highest BCUT2D eigenvalue weighted by Gasteiger charge is 2.53. The second-order valence-electron chi connectivity index (χ2n) is 10.1. The molecule has 168 valence electrons. The number of hydrogen-bond donors (Lipinski definition) is 0. The van der Waals surface area contributed by atoms with Crippen LogP contribution in [-0.2, 0) is 14.3 Å². The molecule has 2 aliphatic heterocycles. The second kappa shape index (κ2) is 8.89. The van der Waals surface area contributed by atoms with Crippen LogP contribution in [0, 0.1) is 0 Å². The van der Waals surface area contributed by atoms with Gasteiger partial charge in [-0.1, -0.05) is 71.9 Å². The zero-order valence-electron chi connectivity index (χ0n) is 19.5. The van der Waals surface area contributed by atoms with Crippen LogP contribution in [0.25, 0.3) is 0 Å². The van der Waals surface area contributed by atoms with Crippen LogP contribution in [-0.4, -0.2) is 52.1 Å². The van der Waals surface area contributed by atoms with Gasteiger partial charge in [-0.2, -0.15) is 0 Å². The lowest BCUT2D eigenvalue weighted by atomic mass is 9.97. The number of benzene rings is 1. The largest absolute Gasteiger partial charge is 0.411 e. The first-order chi connectivity index (χ1) is 14.0. The Kier molecular flexibility index (Phi) is 7.02. The van der Waals surface area contributed by atoms with Crippen molar-refractivity contribution < 1.29 is 12.8 Å². The summed E-state index contributed by atoms with van der Waals surface area (Å²) in [6.07, 6.45) is 1.40. The Morgan fingerprint density at radius 2 is 1.60 bits per heavy atom. The first-order valence-electron chi connectivity index (χ1n) is 11.4. The van der Waals surface area contributed by atoms with Gasteiger partial charge in [-0.05, 0) is 41.6 Å². The summed E-state index contributed by atoms with van der Waals surface area (Å²) in [6.45, 7) is 19.6. The summed E-state index contributed by atoms with van der Waals surface area (Å²) < 4.78 is 34.5. The molecule has 0 unspecified atom stereocenters. The van der Waals surface area contributed by atoms with E-state index in [2.05, 4.69) is 53.0 Å². The third kappa shape index (κ3) is 4.08. The average molecular weight is 450 g/mol. The van der Waals surface area contributed by atoms with Crippen LogP contribution in [0.4, 0.5) is 0 Å². The summed E-state index contributed by atoms with van der Waals surface area (Å²) in [5.74, 6) is 0. The van der Waals surface area contributed by atoms with Crippen LogP contribution in [0.2, 0.25) is 16.6 Å². The van der Waals surface area contributed by atoms with Gasteiger partial charge >= 0.3 is 0 Å². The highest BCUT2D eigenvalue weighted by molar-refractivity contribution is 7.92. The summed E-state index contributed by atoms with van der Waals surface area (Å²) in [4.78, 5) is 2.73. The molecule has 0 amide bonds. The average Bonchev–Trinajstić information content (AvgIpc) is 3.07. The molecule has 3 rings (SSSR count). The lowest BCUT2D eigenvalue weighted by Gasteiger charge is -2.47. The van der Waals surface area contributed by atoms with Crippen molar-refractivity contribution in [2.45, 2.75) is 93.3 Å². The summed E-state index contributed by atoms with van der Waals surface area (Å²) in [5.41, 5.74) is 2.45. The molecule has 0 spiro atoms. The Bertz CT molecular complexity index is 829. The number of piperidine rings is 1. The van der Waals surface area contributed by atoms with Gasteiger partial charge in [0.2, 0.25) is 8.32 Å². The van der Waals surface area contributed by atoms with Crippen LogP contribution in [0.3, 0.4) is 0 Å². The molecule has 4 nitrogen and oxygen atoms in total. The van der Waals surface area contributed by atoms with Gasteiger partial charge < -0.3 is 4.43 Å². The Hall–Kier alpha value is -0.953. The first kappa shape index (κ1) is 23.7. The van der Waals surface area contributed by atoms with Gasteiger partial charge in [-0.25, -0.2) is 8.42 Å². The molecular weight excluding hydrogens is 410 g/mol. The van der Waals surface area contributed by atoms with E-state index in [0.717, 1.165) is 25.1 Å². The minimum Gasteiger partial charge on any atom is -0.411 e. The molecule has 2 aliphatic rings. The fourth-order valence-electron chi connectivity index (χ4n) is 6.14. The molecule has 0 radical (unpaired) electrons. The van der Waals surface area contributed by atoms with Crippen molar-refractivity contribution in [3.05, 3.63) is 42.5 Å². The highest BCUT2D eigenvalue weighted by atomic mass is 32.2. The van der Waals surface area contributed by atoms with E-state index in [4.69, 9.17) is 4.43 Å². The third-order valence-electron chi connectivity index (χ3n) is 7.33. The molecule has 2 saturated heterocycles. The van der Waals surface area contributed by atoms with Crippen LogP contribution in [0.1, 0.15) is 54.4 Å². The summed E-state index contributed by atoms with van der Waals surface area (Å²) in [5, 5.41) is -0.494. The van der Waals surface area contributed by atoms with Crippen molar-refractivity contribution in [3.8, 4) is 0 Å². The standard InChI is InChI=1S/C24H39NO3SSi/c1-17(2)30(18(3)4,19(5)6)28-22-13-14-25-16-20(7)15-23(24(22)25)29(26,27)21-11-9-8-10-12-21/h8-12,17-19,22-24H,7,13-16H2,1-6H3/t22-,23-,24+/m0/s1. The predicted molar refractivity (Wildman–Crippen MR) is 127 cm³/mol. The van der Waals surface area contributed by atoms with E-state index in [1.54, 1.807) is 24.3 Å². The van der Waals surface area contributed by atoms with Crippen molar-refractivity contribution in [2.24, 2.45) is 0 Å². The van der Waals surface area contributed by atoms with E-state index in [1.165, 1.54) is 0 Å². The highest BCUT2D eigenvalue weighted by Crippen LogP contribution is 2.46. The van der Waals surface area contributed by atoms with Crippen molar-refractivity contribution in [1.82, 2.24) is 4.90 Å². The number of sulfone groups is 1. The fraction of sp³-hybridized carbons (Fsp3) is 0.667. The van der Waals surface area contributed by atoms with Gasteiger partial charge in [0.15, 0.2) is 9.84 Å². The van der Waals surface area contributed by atoms with E-state index in [-0.39, 0.29) is 12.1 Å². The molecule has 1 aromatic rings. The monoisotopic (exact) mass is 449 g/mol. The molecule has 3 atom stereocenters. The Balaban J connectivity index is 2.00. The Morgan fingerprint density at radius 1 is 1.03 bits per heavy atom. The minimum absolute atomic E-state index is 0.0274. The molecule has 2 fully saturated rings. The molecule has 0 aliphatic carbocycles. The summed E-state index contributed by atoms with van der Waals surface area (Å²) in [6, 6.07) is 8.82. The van der Waals surface area contributed by atoms with Gasteiger partial charge in [0.25, 0.3) is 0 Å². The van der Waals surface area contributed by atoms with Crippen molar-refractivity contribution in [2.75, 3.05) is 13.1 Å². The van der Waals surface area contributed by atoms with Gasteiger partial charge in [0.1, 0.15) is 0 Å². The first-order valence-corrected chi connectivity index (χ1v) is 15.1. The van der Waals surface area contributed by atoms with Crippen LogP contribution >= 0.6 is 0 Å². The molecule has 2 heterocycles.